The second kappa shape index (κ2) is 6.36. The zero-order valence-corrected chi connectivity index (χ0v) is 12.3. The molecular weight excluding hydrogens is 258 g/mol. The molecule has 0 aliphatic heterocycles. The molecule has 1 rings (SSSR count). The first-order valence-electron chi connectivity index (χ1n) is 6.55. The number of anilines is 1. The number of hydrogen-bond acceptors (Lipinski definition) is 4. The topological polar surface area (TPSA) is 84.3 Å². The number of nitro groups is 1. The molecule has 0 unspecified atom stereocenters. The second-order valence-corrected chi connectivity index (χ2v) is 5.41. The number of nitrogens with one attached hydrogen (secondary N) is 2. The number of carbonyl (C=O) groups is 1. The molecule has 0 atom stereocenters. The van der Waals surface area contributed by atoms with Crippen LogP contribution in [0.3, 0.4) is 0 Å². The average Bonchev–Trinajstić information content (AvgIpc) is 2.43. The summed E-state index contributed by atoms with van der Waals surface area (Å²) < 4.78 is 0. The lowest BCUT2D eigenvalue weighted by Gasteiger charge is -2.22. The first-order chi connectivity index (χ1) is 9.32. The van der Waals surface area contributed by atoms with Crippen LogP contribution in [0.4, 0.5) is 11.4 Å². The van der Waals surface area contributed by atoms with Gasteiger partial charge < -0.3 is 10.6 Å². The molecule has 0 aromatic heterocycles. The van der Waals surface area contributed by atoms with Crippen LogP contribution in [-0.4, -0.2) is 24.4 Å². The van der Waals surface area contributed by atoms with Crippen LogP contribution in [-0.2, 0) is 0 Å². The van der Waals surface area contributed by atoms with Gasteiger partial charge in [0.05, 0.1) is 4.92 Å². The number of carbonyl (C=O) groups excluding carboxylic acids is 1. The number of para-hydroxylation sites is 1. The van der Waals surface area contributed by atoms with Gasteiger partial charge in [-0.05, 0) is 24.0 Å². The van der Waals surface area contributed by atoms with Crippen LogP contribution in [0.25, 0.3) is 0 Å². The Hall–Kier alpha value is -2.11. The molecule has 0 bridgehead atoms. The van der Waals surface area contributed by atoms with Crippen LogP contribution in [0, 0.1) is 15.5 Å². The van der Waals surface area contributed by atoms with E-state index in [0.29, 0.717) is 12.2 Å². The number of hydrogen-bond donors (Lipinski definition) is 2. The van der Waals surface area contributed by atoms with Crippen LogP contribution < -0.4 is 10.6 Å². The molecule has 1 aromatic rings. The van der Waals surface area contributed by atoms with Gasteiger partial charge in [0, 0.05) is 13.6 Å². The molecule has 6 nitrogen and oxygen atoms in total. The molecule has 6 heteroatoms. The van der Waals surface area contributed by atoms with Gasteiger partial charge in [0.25, 0.3) is 5.91 Å². The van der Waals surface area contributed by atoms with Crippen molar-refractivity contribution in [3.05, 3.63) is 33.9 Å². The fourth-order valence-corrected chi connectivity index (χ4v) is 1.66. The summed E-state index contributed by atoms with van der Waals surface area (Å²) in [7, 11) is 1.59. The van der Waals surface area contributed by atoms with Crippen molar-refractivity contribution in [2.45, 2.75) is 27.2 Å². The highest BCUT2D eigenvalue weighted by atomic mass is 16.6. The van der Waals surface area contributed by atoms with Crippen LogP contribution in [0.2, 0.25) is 0 Å². The van der Waals surface area contributed by atoms with Crippen molar-refractivity contribution in [1.29, 1.82) is 0 Å². The molecule has 0 aliphatic rings. The number of amides is 1. The maximum atomic E-state index is 12.2. The molecule has 0 heterocycles. The Bertz CT molecular complexity index is 512. The van der Waals surface area contributed by atoms with Gasteiger partial charge in [-0.1, -0.05) is 26.8 Å². The molecule has 0 aliphatic carbocycles. The van der Waals surface area contributed by atoms with E-state index in [4.69, 9.17) is 0 Å². The molecule has 0 fully saturated rings. The van der Waals surface area contributed by atoms with Gasteiger partial charge in [0.2, 0.25) is 0 Å². The predicted octanol–water partition coefficient (Wildman–Crippen LogP) is 2.80. The second-order valence-electron chi connectivity index (χ2n) is 5.41. The van der Waals surface area contributed by atoms with Gasteiger partial charge in [-0.15, -0.1) is 0 Å². The first kappa shape index (κ1) is 15.9. The molecular formula is C14H21N3O3. The van der Waals surface area contributed by atoms with Crippen molar-refractivity contribution in [2.24, 2.45) is 5.41 Å². The Labute approximate surface area is 118 Å². The van der Waals surface area contributed by atoms with E-state index in [2.05, 4.69) is 10.6 Å². The maximum absolute atomic E-state index is 12.2. The smallest absolute Gasteiger partial charge is 0.305 e. The quantitative estimate of drug-likeness (QED) is 0.619. The summed E-state index contributed by atoms with van der Waals surface area (Å²) in [5.74, 6) is -0.421. The highest BCUT2D eigenvalue weighted by Crippen LogP contribution is 2.28. The van der Waals surface area contributed by atoms with Crippen molar-refractivity contribution in [2.75, 3.05) is 18.9 Å². The minimum absolute atomic E-state index is 0.0367. The fourth-order valence-electron chi connectivity index (χ4n) is 1.66. The standard InChI is InChI=1S/C14H21N3O3/c1-5-14(2,3)9-16-13(18)10-7-6-8-11(15-4)12(10)17(19)20/h6-8,15H,5,9H2,1-4H3,(H,16,18). The van der Waals surface area contributed by atoms with E-state index in [0.717, 1.165) is 6.42 Å². The lowest BCUT2D eigenvalue weighted by molar-refractivity contribution is -0.384. The van der Waals surface area contributed by atoms with Gasteiger partial charge >= 0.3 is 5.69 Å². The number of nitrogens with zero attached hydrogens (tertiary/aromatic N) is 1. The lowest BCUT2D eigenvalue weighted by Crippen LogP contribution is -2.34. The molecule has 110 valence electrons. The molecule has 0 radical (unpaired) electrons. The van der Waals surface area contributed by atoms with Gasteiger partial charge in [-0.2, -0.15) is 0 Å². The highest BCUT2D eigenvalue weighted by molar-refractivity contribution is 6.00. The van der Waals surface area contributed by atoms with Crippen molar-refractivity contribution in [1.82, 2.24) is 5.32 Å². The Morgan fingerprint density at radius 2 is 2.05 bits per heavy atom. The Balaban J connectivity index is 3.02. The molecule has 20 heavy (non-hydrogen) atoms. The fraction of sp³-hybridized carbons (Fsp3) is 0.500. The minimum atomic E-state index is -0.536. The summed E-state index contributed by atoms with van der Waals surface area (Å²) >= 11 is 0. The number of nitro benzene ring substituents is 1. The van der Waals surface area contributed by atoms with Crippen LogP contribution >= 0.6 is 0 Å². The van der Waals surface area contributed by atoms with Crippen LogP contribution in [0.5, 0.6) is 0 Å². The van der Waals surface area contributed by atoms with Crippen molar-refractivity contribution >= 4 is 17.3 Å². The molecule has 1 aromatic carbocycles. The van der Waals surface area contributed by atoms with Crippen LogP contribution in [0.15, 0.2) is 18.2 Å². The van der Waals surface area contributed by atoms with Gasteiger partial charge in [-0.3, -0.25) is 14.9 Å². The summed E-state index contributed by atoms with van der Waals surface area (Å²) in [4.78, 5) is 22.8. The summed E-state index contributed by atoms with van der Waals surface area (Å²) in [5.41, 5.74) is 0.179. The van der Waals surface area contributed by atoms with Gasteiger partial charge in [-0.25, -0.2) is 0 Å². The zero-order valence-electron chi connectivity index (χ0n) is 12.3. The summed E-state index contributed by atoms with van der Waals surface area (Å²) in [6.07, 6.45) is 0.909. The van der Waals surface area contributed by atoms with Crippen molar-refractivity contribution in [3.63, 3.8) is 0 Å². The van der Waals surface area contributed by atoms with E-state index >= 15 is 0 Å². The number of benzene rings is 1. The first-order valence-corrected chi connectivity index (χ1v) is 6.55. The molecule has 1 amide bonds. The summed E-state index contributed by atoms with van der Waals surface area (Å²) in [6, 6.07) is 4.66. The minimum Gasteiger partial charge on any atom is -0.383 e. The average molecular weight is 279 g/mol. The van der Waals surface area contributed by atoms with Crippen molar-refractivity contribution in [3.8, 4) is 0 Å². The predicted molar refractivity (Wildman–Crippen MR) is 79.0 cm³/mol. The van der Waals surface area contributed by atoms with Gasteiger partial charge in [0.15, 0.2) is 0 Å². The van der Waals surface area contributed by atoms with Gasteiger partial charge in [0.1, 0.15) is 11.3 Å². The van der Waals surface area contributed by atoms with E-state index in [1.807, 2.05) is 20.8 Å². The SMILES string of the molecule is CCC(C)(C)CNC(=O)c1cccc(NC)c1[N+](=O)[O-]. The van der Waals surface area contributed by atoms with Crippen LogP contribution in [0.1, 0.15) is 37.6 Å². The monoisotopic (exact) mass is 279 g/mol. The van der Waals surface area contributed by atoms with E-state index in [1.165, 1.54) is 6.07 Å². The Kier molecular flexibility index (Phi) is 5.07. The Morgan fingerprint density at radius 3 is 2.55 bits per heavy atom. The third-order valence-corrected chi connectivity index (χ3v) is 3.42. The molecule has 0 saturated heterocycles. The summed E-state index contributed by atoms with van der Waals surface area (Å²) in [6.45, 7) is 6.58. The van der Waals surface area contributed by atoms with E-state index in [1.54, 1.807) is 19.2 Å². The maximum Gasteiger partial charge on any atom is 0.305 e. The third kappa shape index (κ3) is 3.69. The lowest BCUT2D eigenvalue weighted by atomic mass is 9.90. The van der Waals surface area contributed by atoms with E-state index in [-0.39, 0.29) is 16.7 Å². The summed E-state index contributed by atoms with van der Waals surface area (Å²) in [5, 5.41) is 16.6. The van der Waals surface area contributed by atoms with E-state index in [9.17, 15) is 14.9 Å². The number of rotatable bonds is 6. The normalized spacial score (nSPS) is 11.0. The highest BCUT2D eigenvalue weighted by Gasteiger charge is 2.25. The van der Waals surface area contributed by atoms with E-state index < -0.39 is 10.8 Å². The zero-order chi connectivity index (χ0) is 15.3. The molecule has 2 N–H and O–H groups in total. The third-order valence-electron chi connectivity index (χ3n) is 3.42. The molecule has 0 saturated carbocycles. The largest absolute Gasteiger partial charge is 0.383 e. The Morgan fingerprint density at radius 1 is 1.40 bits per heavy atom. The molecule has 0 spiro atoms. The van der Waals surface area contributed by atoms with Crippen molar-refractivity contribution < 1.29 is 9.72 Å².